The van der Waals surface area contributed by atoms with Gasteiger partial charge in [0.2, 0.25) is 5.91 Å². The van der Waals surface area contributed by atoms with Crippen molar-refractivity contribution in [1.82, 2.24) is 5.32 Å². The van der Waals surface area contributed by atoms with Crippen molar-refractivity contribution in [2.24, 2.45) is 5.92 Å². The second-order valence-electron chi connectivity index (χ2n) is 6.55. The number of nitrogens with one attached hydrogen (secondary N) is 1. The van der Waals surface area contributed by atoms with Gasteiger partial charge in [0, 0.05) is 6.42 Å². The highest BCUT2D eigenvalue weighted by Gasteiger charge is 2.17. The van der Waals surface area contributed by atoms with E-state index >= 15 is 0 Å². The van der Waals surface area contributed by atoms with E-state index < -0.39 is 0 Å². The molecule has 1 atom stereocenters. The molecule has 0 aromatic heterocycles. The van der Waals surface area contributed by atoms with Gasteiger partial charge in [-0.15, -0.1) is 0 Å². The smallest absolute Gasteiger partial charge is 0.220 e. The van der Waals surface area contributed by atoms with Crippen LogP contribution >= 0.6 is 0 Å². The van der Waals surface area contributed by atoms with Gasteiger partial charge in [-0.25, -0.2) is 0 Å². The van der Waals surface area contributed by atoms with Crippen LogP contribution in [0, 0.1) is 5.92 Å². The van der Waals surface area contributed by atoms with Crippen LogP contribution in [0.3, 0.4) is 0 Å². The summed E-state index contributed by atoms with van der Waals surface area (Å²) in [6.45, 7) is 7.12. The molecule has 1 aromatic rings. The van der Waals surface area contributed by atoms with Gasteiger partial charge in [0.25, 0.3) is 0 Å². The fourth-order valence-electron chi connectivity index (χ4n) is 3.37. The van der Waals surface area contributed by atoms with Gasteiger partial charge in [0.15, 0.2) is 11.5 Å². The summed E-state index contributed by atoms with van der Waals surface area (Å²) < 4.78 is 11.3. The first kappa shape index (κ1) is 18.6. The molecule has 0 radical (unpaired) electrons. The molecule has 0 saturated heterocycles. The maximum absolute atomic E-state index is 12.2. The van der Waals surface area contributed by atoms with Gasteiger partial charge in [-0.2, -0.15) is 0 Å². The molecule has 1 unspecified atom stereocenters. The Morgan fingerprint density at radius 2 is 1.83 bits per heavy atom. The molecular formula is C20H31NO3. The summed E-state index contributed by atoms with van der Waals surface area (Å²) in [6, 6.07) is 5.85. The molecule has 1 amide bonds. The molecule has 2 rings (SSSR count). The summed E-state index contributed by atoms with van der Waals surface area (Å²) in [6.07, 6.45) is 6.89. The topological polar surface area (TPSA) is 47.6 Å². The van der Waals surface area contributed by atoms with E-state index in [0.717, 1.165) is 29.4 Å². The molecule has 1 aliphatic rings. The second kappa shape index (κ2) is 9.55. The molecule has 24 heavy (non-hydrogen) atoms. The number of ether oxygens (including phenoxy) is 2. The monoisotopic (exact) mass is 333 g/mol. The van der Waals surface area contributed by atoms with Crippen LogP contribution in [0.5, 0.6) is 11.5 Å². The Morgan fingerprint density at radius 3 is 2.50 bits per heavy atom. The summed E-state index contributed by atoms with van der Waals surface area (Å²) >= 11 is 0. The average molecular weight is 333 g/mol. The summed E-state index contributed by atoms with van der Waals surface area (Å²) in [5, 5.41) is 3.11. The summed E-state index contributed by atoms with van der Waals surface area (Å²) in [5.74, 6) is 2.38. The first-order valence-corrected chi connectivity index (χ1v) is 9.32. The standard InChI is InChI=1S/C20H31NO3/c1-4-23-18-12-11-17(14-19(18)24-5-2)15(3)21-20(22)13-10-16-8-6-7-9-16/h11-12,14-16H,4-10,13H2,1-3H3,(H,21,22). The number of hydrogen-bond acceptors (Lipinski definition) is 3. The van der Waals surface area contributed by atoms with E-state index in [1.807, 2.05) is 39.0 Å². The molecule has 1 N–H and O–H groups in total. The summed E-state index contributed by atoms with van der Waals surface area (Å²) in [5.41, 5.74) is 1.04. The number of carbonyl (C=O) groups excluding carboxylic acids is 1. The van der Waals surface area contributed by atoms with Crippen molar-refractivity contribution < 1.29 is 14.3 Å². The lowest BCUT2D eigenvalue weighted by Crippen LogP contribution is -2.26. The lowest BCUT2D eigenvalue weighted by atomic mass is 10.0. The minimum Gasteiger partial charge on any atom is -0.490 e. The van der Waals surface area contributed by atoms with Crippen LogP contribution < -0.4 is 14.8 Å². The van der Waals surface area contributed by atoms with Crippen molar-refractivity contribution >= 4 is 5.91 Å². The van der Waals surface area contributed by atoms with Crippen LogP contribution in [0.1, 0.15) is 70.9 Å². The van der Waals surface area contributed by atoms with Gasteiger partial charge in [-0.3, -0.25) is 4.79 Å². The zero-order chi connectivity index (χ0) is 17.4. The third-order valence-corrected chi connectivity index (χ3v) is 4.70. The van der Waals surface area contributed by atoms with E-state index in [9.17, 15) is 4.79 Å². The molecule has 1 aromatic carbocycles. The summed E-state index contributed by atoms with van der Waals surface area (Å²) in [7, 11) is 0. The number of carbonyl (C=O) groups is 1. The Labute approximate surface area is 145 Å². The van der Waals surface area contributed by atoms with E-state index in [2.05, 4.69) is 5.32 Å². The molecule has 1 saturated carbocycles. The maximum atomic E-state index is 12.2. The van der Waals surface area contributed by atoms with Gasteiger partial charge in [-0.1, -0.05) is 31.7 Å². The van der Waals surface area contributed by atoms with Crippen molar-refractivity contribution in [2.45, 2.75) is 65.3 Å². The maximum Gasteiger partial charge on any atom is 0.220 e. The van der Waals surface area contributed by atoms with Crippen molar-refractivity contribution in [3.63, 3.8) is 0 Å². The predicted octanol–water partition coefficient (Wildman–Crippen LogP) is 4.63. The molecule has 0 spiro atoms. The van der Waals surface area contributed by atoms with E-state index in [1.165, 1.54) is 25.7 Å². The Morgan fingerprint density at radius 1 is 1.17 bits per heavy atom. The van der Waals surface area contributed by atoms with Crippen molar-refractivity contribution in [3.05, 3.63) is 23.8 Å². The lowest BCUT2D eigenvalue weighted by molar-refractivity contribution is -0.122. The highest BCUT2D eigenvalue weighted by Crippen LogP contribution is 2.31. The van der Waals surface area contributed by atoms with Crippen molar-refractivity contribution in [2.75, 3.05) is 13.2 Å². The molecule has 0 heterocycles. The van der Waals surface area contributed by atoms with Gasteiger partial charge < -0.3 is 14.8 Å². The number of rotatable bonds is 9. The predicted molar refractivity (Wildman–Crippen MR) is 96.5 cm³/mol. The van der Waals surface area contributed by atoms with Crippen LogP contribution in [0.25, 0.3) is 0 Å². The van der Waals surface area contributed by atoms with Gasteiger partial charge in [0.05, 0.1) is 19.3 Å². The van der Waals surface area contributed by atoms with Gasteiger partial charge in [0.1, 0.15) is 0 Å². The Kier molecular flexibility index (Phi) is 7.41. The second-order valence-corrected chi connectivity index (χ2v) is 6.55. The van der Waals surface area contributed by atoms with E-state index in [1.54, 1.807) is 0 Å². The summed E-state index contributed by atoms with van der Waals surface area (Å²) in [4.78, 5) is 12.2. The van der Waals surface area contributed by atoms with E-state index in [0.29, 0.717) is 19.6 Å². The first-order valence-electron chi connectivity index (χ1n) is 9.32. The number of hydrogen-bond donors (Lipinski definition) is 1. The fourth-order valence-corrected chi connectivity index (χ4v) is 3.37. The average Bonchev–Trinajstić information content (AvgIpc) is 3.08. The van der Waals surface area contributed by atoms with Crippen molar-refractivity contribution in [3.8, 4) is 11.5 Å². The quantitative estimate of drug-likeness (QED) is 0.716. The Balaban J connectivity index is 1.91. The molecular weight excluding hydrogens is 302 g/mol. The number of amides is 1. The Bertz CT molecular complexity index is 524. The third-order valence-electron chi connectivity index (χ3n) is 4.70. The lowest BCUT2D eigenvalue weighted by Gasteiger charge is -2.18. The minimum atomic E-state index is -0.0315. The molecule has 0 aliphatic heterocycles. The molecule has 0 bridgehead atoms. The van der Waals surface area contributed by atoms with Crippen molar-refractivity contribution in [1.29, 1.82) is 0 Å². The van der Waals surface area contributed by atoms with Crippen LogP contribution in [0.15, 0.2) is 18.2 Å². The Hall–Kier alpha value is -1.71. The molecule has 1 aliphatic carbocycles. The van der Waals surface area contributed by atoms with Gasteiger partial charge in [-0.05, 0) is 50.8 Å². The molecule has 134 valence electrons. The fraction of sp³-hybridized carbons (Fsp3) is 0.650. The molecule has 4 heteroatoms. The SMILES string of the molecule is CCOc1ccc(C(C)NC(=O)CCC2CCCC2)cc1OCC. The van der Waals surface area contributed by atoms with Gasteiger partial charge >= 0.3 is 0 Å². The van der Waals surface area contributed by atoms with Crippen LogP contribution in [0.2, 0.25) is 0 Å². The highest BCUT2D eigenvalue weighted by atomic mass is 16.5. The zero-order valence-corrected chi connectivity index (χ0v) is 15.3. The molecule has 4 nitrogen and oxygen atoms in total. The van der Waals surface area contributed by atoms with E-state index in [-0.39, 0.29) is 11.9 Å². The molecule has 1 fully saturated rings. The highest BCUT2D eigenvalue weighted by molar-refractivity contribution is 5.76. The zero-order valence-electron chi connectivity index (χ0n) is 15.3. The third kappa shape index (κ3) is 5.43. The first-order chi connectivity index (χ1) is 11.6. The minimum absolute atomic E-state index is 0.0315. The van der Waals surface area contributed by atoms with E-state index in [4.69, 9.17) is 9.47 Å². The number of benzene rings is 1. The normalized spacial score (nSPS) is 16.0. The van der Waals surface area contributed by atoms with Crippen LogP contribution in [0.4, 0.5) is 0 Å². The van der Waals surface area contributed by atoms with Crippen LogP contribution in [-0.4, -0.2) is 19.1 Å². The largest absolute Gasteiger partial charge is 0.490 e. The van der Waals surface area contributed by atoms with Crippen LogP contribution in [-0.2, 0) is 4.79 Å².